The zero-order valence-corrected chi connectivity index (χ0v) is 12.0. The Morgan fingerprint density at radius 1 is 1.33 bits per heavy atom. The van der Waals surface area contributed by atoms with Crippen LogP contribution in [0.15, 0.2) is 34.1 Å². The van der Waals surface area contributed by atoms with Crippen molar-refractivity contribution in [3.05, 3.63) is 50.1 Å². The standard InChI is InChI=1S/C14H11BrO2S/c15-11-6-8-18-14(11)12(16)10-5-1-3-9-4-2-7-17-13(9)10/h1,3,5-6,8H,2,4,7H2. The predicted molar refractivity (Wildman–Crippen MR) is 75.7 cm³/mol. The van der Waals surface area contributed by atoms with Crippen LogP contribution in [0.3, 0.4) is 0 Å². The van der Waals surface area contributed by atoms with Crippen molar-refractivity contribution in [2.75, 3.05) is 6.61 Å². The molecular formula is C14H11BrO2S. The van der Waals surface area contributed by atoms with Crippen LogP contribution in [0.1, 0.15) is 27.2 Å². The maximum Gasteiger partial charge on any atom is 0.207 e. The van der Waals surface area contributed by atoms with E-state index >= 15 is 0 Å². The van der Waals surface area contributed by atoms with Gasteiger partial charge < -0.3 is 4.74 Å². The van der Waals surface area contributed by atoms with Gasteiger partial charge in [0.25, 0.3) is 0 Å². The van der Waals surface area contributed by atoms with Crippen molar-refractivity contribution < 1.29 is 9.53 Å². The maximum absolute atomic E-state index is 12.5. The van der Waals surface area contributed by atoms with E-state index < -0.39 is 0 Å². The molecule has 0 saturated carbocycles. The number of carbonyl (C=O) groups is 1. The zero-order valence-electron chi connectivity index (χ0n) is 9.61. The lowest BCUT2D eigenvalue weighted by atomic mass is 9.99. The van der Waals surface area contributed by atoms with Gasteiger partial charge in [-0.2, -0.15) is 0 Å². The van der Waals surface area contributed by atoms with E-state index in [1.807, 2.05) is 29.6 Å². The van der Waals surface area contributed by atoms with Gasteiger partial charge in [-0.05, 0) is 51.8 Å². The number of para-hydroxylation sites is 1. The summed E-state index contributed by atoms with van der Waals surface area (Å²) < 4.78 is 6.53. The molecule has 0 bridgehead atoms. The van der Waals surface area contributed by atoms with Crippen molar-refractivity contribution in [2.45, 2.75) is 12.8 Å². The van der Waals surface area contributed by atoms with E-state index in [1.165, 1.54) is 11.3 Å². The minimum Gasteiger partial charge on any atom is -0.493 e. The van der Waals surface area contributed by atoms with Gasteiger partial charge in [-0.15, -0.1) is 11.3 Å². The third-order valence-corrected chi connectivity index (χ3v) is 4.84. The molecular weight excluding hydrogens is 312 g/mol. The summed E-state index contributed by atoms with van der Waals surface area (Å²) in [6, 6.07) is 7.71. The monoisotopic (exact) mass is 322 g/mol. The second kappa shape index (κ2) is 4.86. The van der Waals surface area contributed by atoms with Gasteiger partial charge in [0.1, 0.15) is 5.75 Å². The molecule has 0 aliphatic carbocycles. The summed E-state index contributed by atoms with van der Waals surface area (Å²) in [4.78, 5) is 13.2. The first-order chi connectivity index (χ1) is 8.77. The van der Waals surface area contributed by atoms with Gasteiger partial charge >= 0.3 is 0 Å². The van der Waals surface area contributed by atoms with Crippen LogP contribution in [0.2, 0.25) is 0 Å². The Kier molecular flexibility index (Phi) is 3.22. The number of thiophene rings is 1. The Morgan fingerprint density at radius 2 is 2.22 bits per heavy atom. The molecule has 1 aliphatic rings. The molecule has 3 rings (SSSR count). The van der Waals surface area contributed by atoms with Gasteiger partial charge in [-0.1, -0.05) is 12.1 Å². The molecule has 1 aliphatic heterocycles. The molecule has 2 nitrogen and oxygen atoms in total. The van der Waals surface area contributed by atoms with E-state index in [4.69, 9.17) is 4.74 Å². The number of aryl methyl sites for hydroxylation is 1. The summed E-state index contributed by atoms with van der Waals surface area (Å²) in [6.45, 7) is 0.697. The number of hydrogen-bond donors (Lipinski definition) is 0. The zero-order chi connectivity index (χ0) is 12.5. The van der Waals surface area contributed by atoms with Crippen LogP contribution < -0.4 is 4.74 Å². The summed E-state index contributed by atoms with van der Waals surface area (Å²) in [6.07, 6.45) is 2.01. The van der Waals surface area contributed by atoms with Crippen molar-refractivity contribution in [3.63, 3.8) is 0 Å². The van der Waals surface area contributed by atoms with Crippen LogP contribution in [-0.2, 0) is 6.42 Å². The highest BCUT2D eigenvalue weighted by atomic mass is 79.9. The van der Waals surface area contributed by atoms with Crippen LogP contribution in [0.25, 0.3) is 0 Å². The molecule has 4 heteroatoms. The molecule has 1 aromatic carbocycles. The molecule has 18 heavy (non-hydrogen) atoms. The van der Waals surface area contributed by atoms with Gasteiger partial charge in [0.05, 0.1) is 17.0 Å². The molecule has 92 valence electrons. The molecule has 0 saturated heterocycles. The van der Waals surface area contributed by atoms with Crippen LogP contribution in [0.4, 0.5) is 0 Å². The fourth-order valence-corrected chi connectivity index (χ4v) is 3.65. The highest BCUT2D eigenvalue weighted by Gasteiger charge is 2.22. The number of fused-ring (bicyclic) bond motifs is 1. The molecule has 2 heterocycles. The molecule has 0 N–H and O–H groups in total. The van der Waals surface area contributed by atoms with Gasteiger partial charge in [0.15, 0.2) is 0 Å². The number of carbonyl (C=O) groups excluding carboxylic acids is 1. The molecule has 0 radical (unpaired) electrons. The van der Waals surface area contributed by atoms with Gasteiger partial charge in [-0.3, -0.25) is 4.79 Å². The highest BCUT2D eigenvalue weighted by molar-refractivity contribution is 9.10. The van der Waals surface area contributed by atoms with E-state index in [2.05, 4.69) is 15.9 Å². The first-order valence-corrected chi connectivity index (χ1v) is 7.47. The largest absolute Gasteiger partial charge is 0.493 e. The molecule has 0 fully saturated rings. The van der Waals surface area contributed by atoms with Crippen molar-refractivity contribution in [2.24, 2.45) is 0 Å². The highest BCUT2D eigenvalue weighted by Crippen LogP contribution is 2.33. The lowest BCUT2D eigenvalue weighted by Crippen LogP contribution is -2.13. The fourth-order valence-electron chi connectivity index (χ4n) is 2.15. The Balaban J connectivity index is 2.07. The number of hydrogen-bond acceptors (Lipinski definition) is 3. The third-order valence-electron chi connectivity index (χ3n) is 3.00. The topological polar surface area (TPSA) is 26.3 Å². The van der Waals surface area contributed by atoms with Crippen molar-refractivity contribution >= 4 is 33.0 Å². The van der Waals surface area contributed by atoms with Gasteiger partial charge in [0, 0.05) is 4.47 Å². The number of rotatable bonds is 2. The minimum atomic E-state index is 0.0376. The van der Waals surface area contributed by atoms with E-state index in [0.717, 1.165) is 33.5 Å². The van der Waals surface area contributed by atoms with Gasteiger partial charge in [-0.25, -0.2) is 0 Å². The SMILES string of the molecule is O=C(c1cccc2c1OCCC2)c1sccc1Br. The molecule has 1 aromatic heterocycles. The molecule has 0 amide bonds. The Bertz CT molecular complexity index is 604. The summed E-state index contributed by atoms with van der Waals surface area (Å²) in [5, 5.41) is 1.91. The number of halogens is 1. The average Bonchev–Trinajstić information content (AvgIpc) is 2.83. The number of ketones is 1. The van der Waals surface area contributed by atoms with E-state index in [9.17, 15) is 4.79 Å². The van der Waals surface area contributed by atoms with Crippen molar-refractivity contribution in [1.29, 1.82) is 0 Å². The Hall–Kier alpha value is -1.13. The third kappa shape index (κ3) is 1.99. The number of ether oxygens (including phenoxy) is 1. The summed E-state index contributed by atoms with van der Waals surface area (Å²) >= 11 is 4.86. The number of benzene rings is 1. The molecule has 0 atom stereocenters. The average molecular weight is 323 g/mol. The maximum atomic E-state index is 12.5. The van der Waals surface area contributed by atoms with E-state index in [0.29, 0.717) is 12.2 Å². The quantitative estimate of drug-likeness (QED) is 0.779. The predicted octanol–water partition coefficient (Wildman–Crippen LogP) is 4.07. The summed E-state index contributed by atoms with van der Waals surface area (Å²) in [7, 11) is 0. The van der Waals surface area contributed by atoms with Crippen molar-refractivity contribution in [1.82, 2.24) is 0 Å². The smallest absolute Gasteiger partial charge is 0.207 e. The normalized spacial score (nSPS) is 13.8. The van der Waals surface area contributed by atoms with E-state index in [1.54, 1.807) is 0 Å². The van der Waals surface area contributed by atoms with Crippen molar-refractivity contribution in [3.8, 4) is 5.75 Å². The Labute approximate surface area is 118 Å². The molecule has 0 spiro atoms. The van der Waals surface area contributed by atoms with Crippen LogP contribution in [0, 0.1) is 0 Å². The first kappa shape index (κ1) is 11.9. The van der Waals surface area contributed by atoms with E-state index in [-0.39, 0.29) is 5.78 Å². The summed E-state index contributed by atoms with van der Waals surface area (Å²) in [5.41, 5.74) is 1.81. The Morgan fingerprint density at radius 3 is 3.00 bits per heavy atom. The lowest BCUT2D eigenvalue weighted by molar-refractivity contribution is 0.103. The first-order valence-electron chi connectivity index (χ1n) is 5.80. The minimum absolute atomic E-state index is 0.0376. The van der Waals surface area contributed by atoms with Crippen LogP contribution in [0.5, 0.6) is 5.75 Å². The fraction of sp³-hybridized carbons (Fsp3) is 0.214. The van der Waals surface area contributed by atoms with Crippen LogP contribution in [-0.4, -0.2) is 12.4 Å². The molecule has 2 aromatic rings. The second-order valence-electron chi connectivity index (χ2n) is 4.17. The summed E-state index contributed by atoms with van der Waals surface area (Å²) in [5.74, 6) is 0.810. The second-order valence-corrected chi connectivity index (χ2v) is 5.94. The van der Waals surface area contributed by atoms with Crippen LogP contribution >= 0.6 is 27.3 Å². The molecule has 0 unspecified atom stereocenters. The lowest BCUT2D eigenvalue weighted by Gasteiger charge is -2.19. The van der Waals surface area contributed by atoms with Gasteiger partial charge in [0.2, 0.25) is 5.78 Å².